The Morgan fingerprint density at radius 1 is 0.792 bits per heavy atom. The zero-order valence-electron chi connectivity index (χ0n) is 17.4. The van der Waals surface area contributed by atoms with Gasteiger partial charge in [-0.2, -0.15) is 0 Å². The molecule has 0 unspecified atom stereocenters. The zero-order chi connectivity index (χ0) is 18.4. The van der Waals surface area contributed by atoms with Gasteiger partial charge in [0.2, 0.25) is 0 Å². The van der Waals surface area contributed by atoms with Crippen molar-refractivity contribution in [2.45, 2.75) is 106 Å². The lowest BCUT2D eigenvalue weighted by Gasteiger charge is -2.36. The maximum atomic E-state index is 4.58. The zero-order valence-corrected chi connectivity index (χ0v) is 18.3. The molecule has 2 rings (SSSR count). The van der Waals surface area contributed by atoms with Gasteiger partial charge in [-0.05, 0) is 68.8 Å². The summed E-state index contributed by atoms with van der Waals surface area (Å²) in [6.07, 6.45) is 16.8. The quantitative estimate of drug-likeness (QED) is 0.363. The van der Waals surface area contributed by atoms with Crippen LogP contribution in [0.1, 0.15) is 106 Å². The Hall–Kier alpha value is -0.170. The first kappa shape index (κ1) is 23.8. The van der Waals surface area contributed by atoms with Crippen LogP contribution in [0, 0.1) is 23.7 Å². The fourth-order valence-electron chi connectivity index (χ4n) is 3.58. The molecule has 1 heteroatoms. The number of thiocarbonyl (C=S) groups is 1. The number of hydrogen-bond acceptors (Lipinski definition) is 1. The Kier molecular flexibility index (Phi) is 15.0. The molecule has 2 saturated carbocycles. The molecule has 0 aromatic heterocycles. The first-order valence-electron chi connectivity index (χ1n) is 10.6. The standard InChI is InChI=1S/C14H26.C5H8S.C4H10/c1-11-3-7-13(8-4-11)14-9-5-12(2)6-10-14;1-3-5(2)4-6;1-3-4-2/h11-14H,3-10H2,1-2H3;3-4H,1-2H3;3-4H2,1-2H3/b;5-3-;. The molecule has 0 spiro atoms. The van der Waals surface area contributed by atoms with E-state index in [1.54, 1.807) is 31.1 Å². The summed E-state index contributed by atoms with van der Waals surface area (Å²) in [5.74, 6) is 4.26. The minimum absolute atomic E-state index is 1.02. The van der Waals surface area contributed by atoms with E-state index in [4.69, 9.17) is 0 Å². The molecule has 0 aromatic carbocycles. The second kappa shape index (κ2) is 15.1. The monoisotopic (exact) mass is 352 g/mol. The van der Waals surface area contributed by atoms with Crippen LogP contribution in [-0.4, -0.2) is 5.37 Å². The molecule has 0 saturated heterocycles. The van der Waals surface area contributed by atoms with E-state index < -0.39 is 0 Å². The SMILES string of the molecule is C/C=C(/C)C=S.CC1CCC(C2CCC(C)CC2)CC1.CCCC. The summed E-state index contributed by atoms with van der Waals surface area (Å²) >= 11 is 4.58. The third-order valence-electron chi connectivity index (χ3n) is 5.93. The van der Waals surface area contributed by atoms with Crippen LogP contribution < -0.4 is 0 Å². The van der Waals surface area contributed by atoms with Gasteiger partial charge >= 0.3 is 0 Å². The second-order valence-electron chi connectivity index (χ2n) is 8.19. The number of unbranched alkanes of at least 4 members (excludes halogenated alkanes) is 1. The van der Waals surface area contributed by atoms with Gasteiger partial charge in [0.25, 0.3) is 0 Å². The van der Waals surface area contributed by atoms with E-state index in [1.165, 1.54) is 38.5 Å². The summed E-state index contributed by atoms with van der Waals surface area (Å²) in [7, 11) is 0. The fourth-order valence-corrected chi connectivity index (χ4v) is 3.72. The molecular formula is C23H44S. The Morgan fingerprint density at radius 2 is 1.12 bits per heavy atom. The average Bonchev–Trinajstić information content (AvgIpc) is 2.63. The Bertz CT molecular complexity index is 293. The van der Waals surface area contributed by atoms with Crippen LogP contribution in [-0.2, 0) is 0 Å². The molecule has 2 fully saturated rings. The molecule has 0 aliphatic heterocycles. The molecule has 2 aliphatic carbocycles. The predicted molar refractivity (Wildman–Crippen MR) is 116 cm³/mol. The highest BCUT2D eigenvalue weighted by atomic mass is 32.1. The van der Waals surface area contributed by atoms with E-state index in [-0.39, 0.29) is 0 Å². The van der Waals surface area contributed by atoms with Crippen LogP contribution in [0.3, 0.4) is 0 Å². The molecule has 142 valence electrons. The minimum atomic E-state index is 1.02. The summed E-state index contributed by atoms with van der Waals surface area (Å²) in [6.45, 7) is 13.2. The molecule has 0 amide bonds. The highest BCUT2D eigenvalue weighted by Gasteiger charge is 2.28. The summed E-state index contributed by atoms with van der Waals surface area (Å²) < 4.78 is 0. The molecule has 0 nitrogen and oxygen atoms in total. The van der Waals surface area contributed by atoms with Gasteiger partial charge in [0.1, 0.15) is 0 Å². The van der Waals surface area contributed by atoms with Crippen LogP contribution in [0.5, 0.6) is 0 Å². The Labute approximate surface area is 158 Å². The summed E-state index contributed by atoms with van der Waals surface area (Å²) in [4.78, 5) is 0. The first-order valence-corrected chi connectivity index (χ1v) is 11.0. The molecule has 0 aromatic rings. The molecule has 0 atom stereocenters. The van der Waals surface area contributed by atoms with Crippen molar-refractivity contribution in [1.82, 2.24) is 0 Å². The van der Waals surface area contributed by atoms with Crippen LogP contribution in [0.25, 0.3) is 0 Å². The van der Waals surface area contributed by atoms with Crippen LogP contribution in [0.2, 0.25) is 0 Å². The molecule has 0 bridgehead atoms. The molecular weight excluding hydrogens is 308 g/mol. The normalized spacial score (nSPS) is 30.3. The van der Waals surface area contributed by atoms with Gasteiger partial charge < -0.3 is 0 Å². The largest absolute Gasteiger partial charge is 0.0885 e. The van der Waals surface area contributed by atoms with Crippen LogP contribution in [0.4, 0.5) is 0 Å². The smallest absolute Gasteiger partial charge is 0.00395 e. The van der Waals surface area contributed by atoms with Gasteiger partial charge in [0.05, 0.1) is 0 Å². The van der Waals surface area contributed by atoms with E-state index in [0.29, 0.717) is 0 Å². The lowest BCUT2D eigenvalue weighted by atomic mass is 9.70. The van der Waals surface area contributed by atoms with E-state index in [2.05, 4.69) is 39.9 Å². The lowest BCUT2D eigenvalue weighted by Crippen LogP contribution is -2.24. The van der Waals surface area contributed by atoms with Gasteiger partial charge in [-0.25, -0.2) is 0 Å². The highest BCUT2D eigenvalue weighted by Crippen LogP contribution is 2.40. The van der Waals surface area contributed by atoms with Gasteiger partial charge in [0.15, 0.2) is 0 Å². The summed E-state index contributed by atoms with van der Waals surface area (Å²) in [5.41, 5.74) is 1.16. The average molecular weight is 353 g/mol. The number of allylic oxidation sites excluding steroid dienone is 2. The summed E-state index contributed by atoms with van der Waals surface area (Å²) in [6, 6.07) is 0. The maximum Gasteiger partial charge on any atom is 0.00395 e. The summed E-state index contributed by atoms with van der Waals surface area (Å²) in [5, 5.41) is 1.67. The number of rotatable bonds is 3. The minimum Gasteiger partial charge on any atom is -0.0885 e. The second-order valence-corrected chi connectivity index (χ2v) is 8.43. The Balaban J connectivity index is 0.000000443. The van der Waals surface area contributed by atoms with Gasteiger partial charge in [-0.1, -0.05) is 84.5 Å². The molecule has 2 aliphatic rings. The van der Waals surface area contributed by atoms with Crippen molar-refractivity contribution < 1.29 is 0 Å². The van der Waals surface area contributed by atoms with Crippen molar-refractivity contribution in [2.24, 2.45) is 23.7 Å². The maximum absolute atomic E-state index is 4.58. The van der Waals surface area contributed by atoms with E-state index >= 15 is 0 Å². The van der Waals surface area contributed by atoms with Crippen molar-refractivity contribution in [3.63, 3.8) is 0 Å². The molecule has 24 heavy (non-hydrogen) atoms. The van der Waals surface area contributed by atoms with Crippen LogP contribution in [0.15, 0.2) is 11.6 Å². The van der Waals surface area contributed by atoms with Crippen LogP contribution >= 0.6 is 12.2 Å². The molecule has 0 N–H and O–H groups in total. The Morgan fingerprint density at radius 3 is 1.29 bits per heavy atom. The number of hydrogen-bond donors (Lipinski definition) is 0. The first-order chi connectivity index (χ1) is 11.5. The van der Waals surface area contributed by atoms with E-state index in [0.717, 1.165) is 29.2 Å². The van der Waals surface area contributed by atoms with E-state index in [1.807, 2.05) is 19.9 Å². The third kappa shape index (κ3) is 11.4. The van der Waals surface area contributed by atoms with Gasteiger partial charge in [0, 0.05) is 5.37 Å². The van der Waals surface area contributed by atoms with E-state index in [9.17, 15) is 0 Å². The predicted octanol–water partition coefficient (Wildman–Crippen LogP) is 8.40. The highest BCUT2D eigenvalue weighted by molar-refractivity contribution is 7.79. The topological polar surface area (TPSA) is 0 Å². The lowest BCUT2D eigenvalue weighted by molar-refractivity contribution is 0.155. The molecule has 0 heterocycles. The fraction of sp³-hybridized carbons (Fsp3) is 0.870. The van der Waals surface area contributed by atoms with Crippen molar-refractivity contribution in [3.05, 3.63) is 11.6 Å². The third-order valence-corrected chi connectivity index (χ3v) is 6.30. The van der Waals surface area contributed by atoms with Crippen molar-refractivity contribution in [3.8, 4) is 0 Å². The van der Waals surface area contributed by atoms with Crippen molar-refractivity contribution in [2.75, 3.05) is 0 Å². The van der Waals surface area contributed by atoms with Crippen molar-refractivity contribution >= 4 is 17.6 Å². The van der Waals surface area contributed by atoms with Gasteiger partial charge in [-0.3, -0.25) is 0 Å². The van der Waals surface area contributed by atoms with Gasteiger partial charge in [-0.15, -0.1) is 0 Å². The van der Waals surface area contributed by atoms with Crippen molar-refractivity contribution in [1.29, 1.82) is 0 Å². The molecule has 0 radical (unpaired) electrons.